The van der Waals surface area contributed by atoms with Crippen molar-refractivity contribution >= 4 is 11.9 Å². The summed E-state index contributed by atoms with van der Waals surface area (Å²) < 4.78 is 17.4. The van der Waals surface area contributed by atoms with Gasteiger partial charge in [0.15, 0.2) is 17.6 Å². The maximum atomic E-state index is 11.6. The molecule has 0 aromatic heterocycles. The van der Waals surface area contributed by atoms with Crippen LogP contribution in [-0.4, -0.2) is 36.7 Å². The van der Waals surface area contributed by atoms with Gasteiger partial charge in [0.1, 0.15) is 6.10 Å². The van der Waals surface area contributed by atoms with Gasteiger partial charge in [0.2, 0.25) is 0 Å². The van der Waals surface area contributed by atoms with Crippen LogP contribution in [-0.2, 0) is 26.2 Å². The van der Waals surface area contributed by atoms with E-state index in [2.05, 4.69) is 11.4 Å². The largest absolute Gasteiger partial charge is 0.481 e. The van der Waals surface area contributed by atoms with E-state index in [-0.39, 0.29) is 29.4 Å². The quantitative estimate of drug-likeness (QED) is 0.494. The number of rotatable bonds is 2. The Morgan fingerprint density at radius 1 is 1.23 bits per heavy atom. The Morgan fingerprint density at radius 2 is 2.08 bits per heavy atom. The van der Waals surface area contributed by atoms with Gasteiger partial charge < -0.3 is 19.5 Å². The van der Waals surface area contributed by atoms with Crippen LogP contribution in [0.5, 0.6) is 11.5 Å². The first kappa shape index (κ1) is 15.9. The molecule has 1 saturated heterocycles. The van der Waals surface area contributed by atoms with Crippen molar-refractivity contribution in [3.05, 3.63) is 35.4 Å². The third kappa shape index (κ3) is 1.96. The van der Waals surface area contributed by atoms with E-state index in [0.29, 0.717) is 17.5 Å². The number of esters is 2. The van der Waals surface area contributed by atoms with Crippen LogP contribution in [0.2, 0.25) is 0 Å². The Bertz CT molecular complexity index is 847. The zero-order valence-corrected chi connectivity index (χ0v) is 14.8. The molecule has 1 fully saturated rings. The van der Waals surface area contributed by atoms with Crippen molar-refractivity contribution < 1.29 is 23.8 Å². The van der Waals surface area contributed by atoms with Crippen LogP contribution in [0.1, 0.15) is 31.4 Å². The molecule has 1 N–H and O–H groups in total. The van der Waals surface area contributed by atoms with Crippen LogP contribution in [0.4, 0.5) is 0 Å². The van der Waals surface area contributed by atoms with E-state index in [1.807, 2.05) is 18.2 Å². The van der Waals surface area contributed by atoms with Gasteiger partial charge in [-0.2, -0.15) is 0 Å². The number of carbonyl (C=O) groups is 2. The van der Waals surface area contributed by atoms with Gasteiger partial charge in [-0.05, 0) is 37.1 Å². The van der Waals surface area contributed by atoms with E-state index in [1.165, 1.54) is 19.4 Å². The minimum absolute atomic E-state index is 0.246. The van der Waals surface area contributed by atoms with Gasteiger partial charge in [-0.25, -0.2) is 0 Å². The highest BCUT2D eigenvalue weighted by Crippen LogP contribution is 2.61. The summed E-state index contributed by atoms with van der Waals surface area (Å²) in [7, 11) is 0. The van der Waals surface area contributed by atoms with E-state index < -0.39 is 6.10 Å². The van der Waals surface area contributed by atoms with Crippen molar-refractivity contribution in [1.82, 2.24) is 5.32 Å². The fourth-order valence-corrected chi connectivity index (χ4v) is 5.48. The molecular weight excluding hydrogens is 334 g/mol. The highest BCUT2D eigenvalue weighted by Gasteiger charge is 2.64. The van der Waals surface area contributed by atoms with Crippen molar-refractivity contribution in [2.24, 2.45) is 5.92 Å². The van der Waals surface area contributed by atoms with Gasteiger partial charge in [0.25, 0.3) is 0 Å². The first-order chi connectivity index (χ1) is 12.5. The molecule has 6 nitrogen and oxygen atoms in total. The van der Waals surface area contributed by atoms with Gasteiger partial charge in [-0.3, -0.25) is 9.59 Å². The first-order valence-corrected chi connectivity index (χ1v) is 9.11. The van der Waals surface area contributed by atoms with Crippen molar-refractivity contribution in [2.75, 3.05) is 6.54 Å². The van der Waals surface area contributed by atoms with Gasteiger partial charge in [0, 0.05) is 36.8 Å². The monoisotopic (exact) mass is 355 g/mol. The predicted molar refractivity (Wildman–Crippen MR) is 92.1 cm³/mol. The third-order valence-corrected chi connectivity index (χ3v) is 6.20. The molecule has 2 bridgehead atoms. The number of ether oxygens (including phenoxy) is 3. The predicted octanol–water partition coefficient (Wildman–Crippen LogP) is 1.65. The summed E-state index contributed by atoms with van der Waals surface area (Å²) >= 11 is 0. The minimum Gasteiger partial charge on any atom is -0.481 e. The molecule has 26 heavy (non-hydrogen) atoms. The number of hydrogen-bond acceptors (Lipinski definition) is 6. The molecule has 0 saturated carbocycles. The lowest BCUT2D eigenvalue weighted by atomic mass is 9.53. The van der Waals surface area contributed by atoms with Crippen molar-refractivity contribution in [3.63, 3.8) is 0 Å². The molecule has 2 aliphatic heterocycles. The molecule has 0 unspecified atom stereocenters. The van der Waals surface area contributed by atoms with Crippen LogP contribution in [0.3, 0.4) is 0 Å². The van der Waals surface area contributed by atoms with Crippen molar-refractivity contribution in [2.45, 2.75) is 50.4 Å². The lowest BCUT2D eigenvalue weighted by molar-refractivity contribution is -0.151. The first-order valence-electron chi connectivity index (χ1n) is 9.11. The Kier molecular flexibility index (Phi) is 3.26. The molecule has 1 spiro atoms. The second-order valence-electron chi connectivity index (χ2n) is 7.60. The maximum absolute atomic E-state index is 11.6. The molecule has 1 aromatic rings. The smallest absolute Gasteiger partial charge is 0.308 e. The number of carbonyl (C=O) groups excluding carboxylic acids is 2. The van der Waals surface area contributed by atoms with E-state index in [4.69, 9.17) is 14.2 Å². The average molecular weight is 355 g/mol. The summed E-state index contributed by atoms with van der Waals surface area (Å²) in [5.74, 6) is 0.679. The van der Waals surface area contributed by atoms with Crippen molar-refractivity contribution in [1.29, 1.82) is 0 Å². The molecule has 2 heterocycles. The summed E-state index contributed by atoms with van der Waals surface area (Å²) in [4.78, 5) is 23.2. The topological polar surface area (TPSA) is 73.9 Å². The molecule has 5 atom stereocenters. The second kappa shape index (κ2) is 5.33. The summed E-state index contributed by atoms with van der Waals surface area (Å²) in [6.07, 6.45) is 5.21. The van der Waals surface area contributed by atoms with E-state index in [9.17, 15) is 9.59 Å². The van der Waals surface area contributed by atoms with Crippen LogP contribution in [0, 0.1) is 5.92 Å². The van der Waals surface area contributed by atoms with Crippen LogP contribution in [0.15, 0.2) is 24.3 Å². The standard InChI is InChI=1S/C20H21NO5/c1-10(22)24-15-5-3-12-9-14-13-4-6-16(25-11(2)23)19-20(13,7-8-21-14)17(12)18(15)26-19/h3-6,13-14,16,19,21H,7-9H2,1-2H3/t13-,14+,16-,19-,20-/m0/s1. The molecule has 0 amide bonds. The van der Waals surface area contributed by atoms with Gasteiger partial charge in [-0.15, -0.1) is 0 Å². The second-order valence-corrected chi connectivity index (χ2v) is 7.60. The minimum atomic E-state index is -0.439. The zero-order valence-electron chi connectivity index (χ0n) is 14.8. The molecule has 4 aliphatic rings. The highest BCUT2D eigenvalue weighted by molar-refractivity contribution is 5.73. The normalized spacial score (nSPS) is 35.3. The number of piperidine rings is 1. The van der Waals surface area contributed by atoms with E-state index >= 15 is 0 Å². The summed E-state index contributed by atoms with van der Waals surface area (Å²) in [5, 5.41) is 3.63. The molecule has 2 aliphatic carbocycles. The molecule has 5 rings (SSSR count). The average Bonchev–Trinajstić information content (AvgIpc) is 2.91. The fourth-order valence-electron chi connectivity index (χ4n) is 5.48. The van der Waals surface area contributed by atoms with E-state index in [0.717, 1.165) is 24.9 Å². The van der Waals surface area contributed by atoms with Gasteiger partial charge in [0.05, 0.1) is 0 Å². The van der Waals surface area contributed by atoms with Crippen LogP contribution in [0.25, 0.3) is 0 Å². The fraction of sp³-hybridized carbons (Fsp3) is 0.500. The molecule has 136 valence electrons. The molecular formula is C20H21NO5. The Morgan fingerprint density at radius 3 is 2.85 bits per heavy atom. The lowest BCUT2D eigenvalue weighted by Gasteiger charge is -2.54. The summed E-state index contributed by atoms with van der Waals surface area (Å²) in [6.45, 7) is 3.69. The Labute approximate surface area is 151 Å². The Hall–Kier alpha value is -2.34. The summed E-state index contributed by atoms with van der Waals surface area (Å²) in [5.41, 5.74) is 2.12. The highest BCUT2D eigenvalue weighted by atomic mass is 16.6. The van der Waals surface area contributed by atoms with Crippen LogP contribution >= 0.6 is 0 Å². The van der Waals surface area contributed by atoms with Gasteiger partial charge in [-0.1, -0.05) is 12.1 Å². The molecule has 1 aromatic carbocycles. The Balaban J connectivity index is 1.71. The SMILES string of the molecule is CC(=O)Oc1ccc2c3c1O[C@H]1[C@@H](OC(C)=O)C=C[C@H]4[C@@H](C2)NCC[C@@]341. The number of hydrogen-bond donors (Lipinski definition) is 1. The number of benzene rings is 1. The number of nitrogens with one attached hydrogen (secondary N) is 1. The zero-order chi connectivity index (χ0) is 18.1. The van der Waals surface area contributed by atoms with Gasteiger partial charge >= 0.3 is 11.9 Å². The van der Waals surface area contributed by atoms with Crippen molar-refractivity contribution in [3.8, 4) is 11.5 Å². The van der Waals surface area contributed by atoms with E-state index in [1.54, 1.807) is 0 Å². The molecule has 6 heteroatoms. The maximum Gasteiger partial charge on any atom is 0.308 e. The molecule has 0 radical (unpaired) electrons. The third-order valence-electron chi connectivity index (χ3n) is 6.20. The van der Waals surface area contributed by atoms with Crippen LogP contribution < -0.4 is 14.8 Å². The lowest BCUT2D eigenvalue weighted by Crippen LogP contribution is -2.65. The summed E-state index contributed by atoms with van der Waals surface area (Å²) in [6, 6.07) is 4.19.